The van der Waals surface area contributed by atoms with Gasteiger partial charge >= 0.3 is 6.61 Å². The lowest BCUT2D eigenvalue weighted by atomic mass is 10.2. The van der Waals surface area contributed by atoms with Gasteiger partial charge in [0.1, 0.15) is 11.3 Å². The summed E-state index contributed by atoms with van der Waals surface area (Å²) in [4.78, 5) is 30.8. The second kappa shape index (κ2) is 6.98. The van der Waals surface area contributed by atoms with Crippen molar-refractivity contribution in [2.24, 2.45) is 0 Å². The normalized spacial score (nSPS) is 11.0. The van der Waals surface area contributed by atoms with Gasteiger partial charge in [0.2, 0.25) is 0 Å². The summed E-state index contributed by atoms with van der Waals surface area (Å²) in [6, 6.07) is 5.95. The van der Waals surface area contributed by atoms with E-state index in [9.17, 15) is 18.4 Å². The molecule has 1 amide bonds. The zero-order chi connectivity index (χ0) is 18.0. The summed E-state index contributed by atoms with van der Waals surface area (Å²) in [6.07, 6.45) is 2.83. The second-order valence-corrected chi connectivity index (χ2v) is 6.09. The molecule has 0 aliphatic carbocycles. The Morgan fingerprint density at radius 2 is 2.08 bits per heavy atom. The van der Waals surface area contributed by atoms with E-state index in [1.807, 2.05) is 0 Å². The highest BCUT2D eigenvalue weighted by Gasteiger charge is 2.18. The number of carbonyl (C=O) groups excluding carboxylic acids is 1. The molecule has 0 saturated carbocycles. The number of amides is 1. The van der Waals surface area contributed by atoms with Crippen LogP contribution in [0.2, 0.25) is 0 Å². The minimum Gasteiger partial charge on any atom is -0.435 e. The van der Waals surface area contributed by atoms with Crippen molar-refractivity contribution in [2.75, 3.05) is 7.05 Å². The lowest BCUT2D eigenvalue weighted by Gasteiger charge is -2.17. The number of alkyl halides is 2. The molecular weight excluding hydrogens is 352 g/mol. The van der Waals surface area contributed by atoms with Crippen LogP contribution >= 0.6 is 11.3 Å². The highest BCUT2D eigenvalue weighted by Crippen LogP contribution is 2.16. The molecule has 0 N–H and O–H groups in total. The van der Waals surface area contributed by atoms with Gasteiger partial charge in [0.25, 0.3) is 11.5 Å². The number of rotatable bonds is 5. The fourth-order valence-corrected chi connectivity index (χ4v) is 2.97. The van der Waals surface area contributed by atoms with Crippen LogP contribution < -0.4 is 10.3 Å². The van der Waals surface area contributed by atoms with E-state index in [-0.39, 0.29) is 17.9 Å². The fraction of sp³-hybridized carbons (Fsp3) is 0.188. The molecule has 0 aliphatic rings. The predicted octanol–water partition coefficient (Wildman–Crippen LogP) is 2.63. The van der Waals surface area contributed by atoms with E-state index in [1.54, 1.807) is 30.8 Å². The molecule has 25 heavy (non-hydrogen) atoms. The van der Waals surface area contributed by atoms with E-state index in [1.165, 1.54) is 39.0 Å². The summed E-state index contributed by atoms with van der Waals surface area (Å²) in [5, 5.41) is 1.71. The molecule has 9 heteroatoms. The van der Waals surface area contributed by atoms with Crippen LogP contribution in [0, 0.1) is 0 Å². The average molecular weight is 365 g/mol. The molecule has 6 nitrogen and oxygen atoms in total. The Morgan fingerprint density at radius 1 is 1.36 bits per heavy atom. The summed E-state index contributed by atoms with van der Waals surface area (Å²) in [5.74, 6) is -0.427. The maximum Gasteiger partial charge on any atom is 0.387 e. The van der Waals surface area contributed by atoms with E-state index in [2.05, 4.69) is 9.72 Å². The standard InChI is InChI=1S/C16H13F2N3O3S/c1-20(9-10-2-4-11(5-3-10)24-15(17)18)13(22)12-8-19-16-21(14(12)23)6-7-25-16/h2-8,15H,9H2,1H3. The quantitative estimate of drug-likeness (QED) is 0.697. The largest absolute Gasteiger partial charge is 0.435 e. The number of carbonyl (C=O) groups is 1. The summed E-state index contributed by atoms with van der Waals surface area (Å²) in [7, 11) is 1.55. The first-order valence-electron chi connectivity index (χ1n) is 7.20. The van der Waals surface area contributed by atoms with E-state index in [0.717, 1.165) is 0 Å². The van der Waals surface area contributed by atoms with Crippen LogP contribution in [0.4, 0.5) is 8.78 Å². The van der Waals surface area contributed by atoms with Gasteiger partial charge in [-0.25, -0.2) is 4.98 Å². The molecule has 0 radical (unpaired) electrons. The number of benzene rings is 1. The molecule has 3 aromatic rings. The van der Waals surface area contributed by atoms with Crippen molar-refractivity contribution in [1.82, 2.24) is 14.3 Å². The van der Waals surface area contributed by atoms with Crippen LogP contribution in [-0.2, 0) is 6.54 Å². The number of aromatic nitrogens is 2. The minimum absolute atomic E-state index is 0.0314. The summed E-state index contributed by atoms with van der Waals surface area (Å²) < 4.78 is 29.9. The number of halogens is 2. The van der Waals surface area contributed by atoms with Gasteiger partial charge in [-0.3, -0.25) is 14.0 Å². The van der Waals surface area contributed by atoms with Crippen molar-refractivity contribution in [3.63, 3.8) is 0 Å². The molecule has 130 valence electrons. The molecule has 0 saturated heterocycles. The topological polar surface area (TPSA) is 63.9 Å². The van der Waals surface area contributed by atoms with Crippen molar-refractivity contribution in [1.29, 1.82) is 0 Å². The predicted molar refractivity (Wildman–Crippen MR) is 88.2 cm³/mol. The average Bonchev–Trinajstić information content (AvgIpc) is 3.05. The van der Waals surface area contributed by atoms with Crippen molar-refractivity contribution < 1.29 is 18.3 Å². The highest BCUT2D eigenvalue weighted by molar-refractivity contribution is 7.15. The lowest BCUT2D eigenvalue weighted by molar-refractivity contribution is -0.0498. The van der Waals surface area contributed by atoms with Crippen molar-refractivity contribution >= 4 is 22.2 Å². The third kappa shape index (κ3) is 3.66. The lowest BCUT2D eigenvalue weighted by Crippen LogP contribution is -2.32. The zero-order valence-electron chi connectivity index (χ0n) is 13.1. The maximum atomic E-state index is 12.5. The van der Waals surface area contributed by atoms with Crippen molar-refractivity contribution in [3.05, 3.63) is 63.5 Å². The van der Waals surface area contributed by atoms with E-state index >= 15 is 0 Å². The zero-order valence-corrected chi connectivity index (χ0v) is 13.9. The molecule has 3 rings (SSSR count). The van der Waals surface area contributed by atoms with Crippen LogP contribution in [0.25, 0.3) is 4.96 Å². The Kier molecular flexibility index (Phi) is 4.75. The number of hydrogen-bond acceptors (Lipinski definition) is 5. The number of hydrogen-bond donors (Lipinski definition) is 0. The number of thiazole rings is 1. The minimum atomic E-state index is -2.89. The number of nitrogens with zero attached hydrogens (tertiary/aromatic N) is 3. The summed E-state index contributed by atoms with van der Waals surface area (Å²) >= 11 is 1.30. The van der Waals surface area contributed by atoms with E-state index in [0.29, 0.717) is 10.5 Å². The summed E-state index contributed by atoms with van der Waals surface area (Å²) in [6.45, 7) is -2.68. The Balaban J connectivity index is 1.75. The molecule has 2 aromatic heterocycles. The van der Waals surface area contributed by atoms with Crippen molar-refractivity contribution in [2.45, 2.75) is 13.2 Å². The molecule has 1 aromatic carbocycles. The van der Waals surface area contributed by atoms with Gasteiger partial charge in [0.05, 0.1) is 0 Å². The first-order chi connectivity index (χ1) is 12.0. The molecule has 0 spiro atoms. The van der Waals surface area contributed by atoms with Gasteiger partial charge in [-0.1, -0.05) is 12.1 Å². The Hall–Kier alpha value is -2.81. The molecule has 0 atom stereocenters. The van der Waals surface area contributed by atoms with Crippen LogP contribution in [0.5, 0.6) is 5.75 Å². The van der Waals surface area contributed by atoms with Crippen LogP contribution in [0.3, 0.4) is 0 Å². The Morgan fingerprint density at radius 3 is 2.76 bits per heavy atom. The van der Waals surface area contributed by atoms with Crippen molar-refractivity contribution in [3.8, 4) is 5.75 Å². The van der Waals surface area contributed by atoms with Gasteiger partial charge in [-0.15, -0.1) is 11.3 Å². The van der Waals surface area contributed by atoms with Crippen LogP contribution in [0.1, 0.15) is 15.9 Å². The highest BCUT2D eigenvalue weighted by atomic mass is 32.1. The molecular formula is C16H13F2N3O3S. The number of fused-ring (bicyclic) bond motifs is 1. The van der Waals surface area contributed by atoms with Gasteiger partial charge in [-0.05, 0) is 17.7 Å². The monoisotopic (exact) mass is 365 g/mol. The smallest absolute Gasteiger partial charge is 0.387 e. The second-order valence-electron chi connectivity index (χ2n) is 5.22. The SMILES string of the molecule is CN(Cc1ccc(OC(F)F)cc1)C(=O)c1cnc2sccn2c1=O. The Labute approximate surface area is 144 Å². The molecule has 0 aliphatic heterocycles. The summed E-state index contributed by atoms with van der Waals surface area (Å²) in [5.41, 5.74) is 0.252. The van der Waals surface area contributed by atoms with Gasteiger partial charge in [0.15, 0.2) is 4.96 Å². The Bertz CT molecular complexity index is 953. The third-order valence-electron chi connectivity index (χ3n) is 3.49. The van der Waals surface area contributed by atoms with Gasteiger partial charge in [0, 0.05) is 31.4 Å². The van der Waals surface area contributed by atoms with Gasteiger partial charge < -0.3 is 9.64 Å². The maximum absolute atomic E-state index is 12.5. The molecule has 0 unspecified atom stereocenters. The first kappa shape index (κ1) is 17.0. The van der Waals surface area contributed by atoms with Crippen LogP contribution in [0.15, 0.2) is 46.8 Å². The number of ether oxygens (including phenoxy) is 1. The molecule has 0 bridgehead atoms. The molecule has 2 heterocycles. The van der Waals surface area contributed by atoms with E-state index in [4.69, 9.17) is 0 Å². The third-order valence-corrected chi connectivity index (χ3v) is 4.26. The fourth-order valence-electron chi connectivity index (χ4n) is 2.30. The first-order valence-corrected chi connectivity index (χ1v) is 8.08. The van der Waals surface area contributed by atoms with E-state index < -0.39 is 18.1 Å². The molecule has 0 fully saturated rings. The van der Waals surface area contributed by atoms with Crippen LogP contribution in [-0.4, -0.2) is 33.9 Å². The van der Waals surface area contributed by atoms with Gasteiger partial charge in [-0.2, -0.15) is 8.78 Å².